The summed E-state index contributed by atoms with van der Waals surface area (Å²) in [6.07, 6.45) is 1.66. The highest BCUT2D eigenvalue weighted by Crippen LogP contribution is 2.27. The number of carbonyl (C=O) groups excluding carboxylic acids is 1. The van der Waals surface area contributed by atoms with Gasteiger partial charge in [0.15, 0.2) is 16.1 Å². The van der Waals surface area contributed by atoms with Crippen molar-refractivity contribution in [1.29, 1.82) is 0 Å². The first-order chi connectivity index (χ1) is 13.8. The monoisotopic (exact) mass is 431 g/mol. The van der Waals surface area contributed by atoms with Crippen LogP contribution in [0.4, 0.5) is 5.13 Å². The van der Waals surface area contributed by atoms with Crippen LogP contribution in [0.2, 0.25) is 0 Å². The molecular weight excluding hydrogens is 406 g/mol. The van der Waals surface area contributed by atoms with Gasteiger partial charge < -0.3 is 14.6 Å². The average molecular weight is 432 g/mol. The van der Waals surface area contributed by atoms with Crippen molar-refractivity contribution in [3.05, 3.63) is 46.7 Å². The minimum absolute atomic E-state index is 0.114. The Labute approximate surface area is 178 Å². The highest BCUT2D eigenvalue weighted by Gasteiger charge is 2.22. The van der Waals surface area contributed by atoms with E-state index in [2.05, 4.69) is 40.4 Å². The molecule has 1 amide bonds. The summed E-state index contributed by atoms with van der Waals surface area (Å²) in [6, 6.07) is 6.26. The number of nitrogens with zero attached hydrogens (tertiary/aromatic N) is 4. The van der Waals surface area contributed by atoms with E-state index in [0.717, 1.165) is 22.7 Å². The van der Waals surface area contributed by atoms with Gasteiger partial charge in [0.05, 0.1) is 5.25 Å². The molecule has 0 aliphatic heterocycles. The highest BCUT2D eigenvalue weighted by molar-refractivity contribution is 8.00. The number of aromatic nitrogens is 4. The molecule has 9 heteroatoms. The number of anilines is 1. The molecule has 3 rings (SSSR count). The fraction of sp³-hybridized carbons (Fsp3) is 0.400. The van der Waals surface area contributed by atoms with Crippen LogP contribution in [0.3, 0.4) is 0 Å². The van der Waals surface area contributed by atoms with E-state index in [9.17, 15) is 4.79 Å². The molecule has 1 aromatic carbocycles. The molecule has 0 aliphatic rings. The molecule has 0 unspecified atom stereocenters. The maximum atomic E-state index is 12.4. The van der Waals surface area contributed by atoms with Crippen molar-refractivity contribution >= 4 is 34.1 Å². The standard InChI is InChI=1S/C20H25N5O2S2/c1-12(2)25-17(11-27-16-10-13(3)6-7-14(16)4)23-24-20(25)29-15(5)18(26)22-19-21-8-9-28-19/h6-10,12,15H,11H2,1-5H3,(H,21,22,26)/t15-/m1/s1. The largest absolute Gasteiger partial charge is 0.485 e. The van der Waals surface area contributed by atoms with Crippen molar-refractivity contribution in [2.45, 2.75) is 57.7 Å². The molecule has 0 radical (unpaired) electrons. The van der Waals surface area contributed by atoms with Gasteiger partial charge in [-0.1, -0.05) is 23.9 Å². The Hall–Kier alpha value is -2.39. The summed E-state index contributed by atoms with van der Waals surface area (Å²) in [5.41, 5.74) is 2.22. The Kier molecular flexibility index (Phi) is 6.92. The third kappa shape index (κ3) is 5.36. The second kappa shape index (κ2) is 9.41. The molecule has 2 heterocycles. The molecule has 1 N–H and O–H groups in total. The molecule has 29 heavy (non-hydrogen) atoms. The quantitative estimate of drug-likeness (QED) is 0.524. The number of aryl methyl sites for hydroxylation is 2. The van der Waals surface area contributed by atoms with E-state index in [-0.39, 0.29) is 17.2 Å². The lowest BCUT2D eigenvalue weighted by molar-refractivity contribution is -0.115. The molecule has 0 saturated heterocycles. The third-order valence-corrected chi connectivity index (χ3v) is 6.01. The van der Waals surface area contributed by atoms with Gasteiger partial charge in [-0.3, -0.25) is 4.79 Å². The van der Waals surface area contributed by atoms with E-state index in [4.69, 9.17) is 4.74 Å². The summed E-state index contributed by atoms with van der Waals surface area (Å²) in [7, 11) is 0. The topological polar surface area (TPSA) is 81.9 Å². The summed E-state index contributed by atoms with van der Waals surface area (Å²) < 4.78 is 8.03. The number of hydrogen-bond donors (Lipinski definition) is 1. The maximum Gasteiger partial charge on any atom is 0.239 e. The number of carbonyl (C=O) groups is 1. The number of amides is 1. The Morgan fingerprint density at radius 3 is 2.76 bits per heavy atom. The summed E-state index contributed by atoms with van der Waals surface area (Å²) in [5, 5.41) is 14.2. The van der Waals surface area contributed by atoms with Gasteiger partial charge in [0.1, 0.15) is 12.4 Å². The lowest BCUT2D eigenvalue weighted by Crippen LogP contribution is -2.23. The molecule has 1 atom stereocenters. The van der Waals surface area contributed by atoms with Crippen molar-refractivity contribution < 1.29 is 9.53 Å². The van der Waals surface area contributed by atoms with Gasteiger partial charge in [0.25, 0.3) is 0 Å². The molecule has 0 aliphatic carbocycles. The van der Waals surface area contributed by atoms with E-state index >= 15 is 0 Å². The van der Waals surface area contributed by atoms with Crippen LogP contribution in [0.15, 0.2) is 34.9 Å². The molecule has 3 aromatic rings. The SMILES string of the molecule is Cc1ccc(C)c(OCc2nnc(S[C@H](C)C(=O)Nc3nccs3)n2C(C)C)c1. The van der Waals surface area contributed by atoms with Crippen molar-refractivity contribution in [2.75, 3.05) is 5.32 Å². The normalized spacial score (nSPS) is 12.2. The fourth-order valence-corrected chi connectivity index (χ4v) is 4.25. The van der Waals surface area contributed by atoms with Crippen LogP contribution < -0.4 is 10.1 Å². The number of ether oxygens (including phenoxy) is 1. The molecule has 7 nitrogen and oxygen atoms in total. The van der Waals surface area contributed by atoms with E-state index in [0.29, 0.717) is 16.9 Å². The molecule has 0 fully saturated rings. The Morgan fingerprint density at radius 2 is 2.07 bits per heavy atom. The molecule has 154 valence electrons. The zero-order chi connectivity index (χ0) is 21.0. The zero-order valence-electron chi connectivity index (χ0n) is 17.2. The first kappa shape index (κ1) is 21.3. The van der Waals surface area contributed by atoms with E-state index < -0.39 is 0 Å². The second-order valence-corrected chi connectivity index (χ2v) is 9.21. The van der Waals surface area contributed by atoms with Crippen molar-refractivity contribution in [3.8, 4) is 5.75 Å². The van der Waals surface area contributed by atoms with E-state index in [1.807, 2.05) is 42.9 Å². The van der Waals surface area contributed by atoms with Gasteiger partial charge in [0, 0.05) is 17.6 Å². The number of hydrogen-bond acceptors (Lipinski definition) is 7. The summed E-state index contributed by atoms with van der Waals surface area (Å²) in [4.78, 5) is 16.5. The first-order valence-corrected chi connectivity index (χ1v) is 11.1. The zero-order valence-corrected chi connectivity index (χ0v) is 18.8. The Bertz CT molecular complexity index is 969. The highest BCUT2D eigenvalue weighted by atomic mass is 32.2. The molecule has 0 spiro atoms. The minimum Gasteiger partial charge on any atom is -0.485 e. The Morgan fingerprint density at radius 1 is 1.28 bits per heavy atom. The summed E-state index contributed by atoms with van der Waals surface area (Å²) in [5.74, 6) is 1.46. The van der Waals surface area contributed by atoms with Crippen LogP contribution in [-0.2, 0) is 11.4 Å². The van der Waals surface area contributed by atoms with Crippen LogP contribution in [0.5, 0.6) is 5.75 Å². The van der Waals surface area contributed by atoms with Crippen LogP contribution in [0.1, 0.15) is 43.8 Å². The van der Waals surface area contributed by atoms with Crippen LogP contribution in [-0.4, -0.2) is 30.9 Å². The fourth-order valence-electron chi connectivity index (χ4n) is 2.71. The number of nitrogens with one attached hydrogen (secondary N) is 1. The van der Waals surface area contributed by atoms with Crippen LogP contribution in [0.25, 0.3) is 0 Å². The summed E-state index contributed by atoms with van der Waals surface area (Å²) >= 11 is 2.77. The van der Waals surface area contributed by atoms with E-state index in [1.54, 1.807) is 6.20 Å². The van der Waals surface area contributed by atoms with Gasteiger partial charge >= 0.3 is 0 Å². The number of rotatable bonds is 8. The molecule has 0 saturated carbocycles. The lowest BCUT2D eigenvalue weighted by atomic mass is 10.1. The van der Waals surface area contributed by atoms with Gasteiger partial charge in [0.2, 0.25) is 5.91 Å². The van der Waals surface area contributed by atoms with Gasteiger partial charge in [-0.15, -0.1) is 21.5 Å². The number of thioether (sulfide) groups is 1. The van der Waals surface area contributed by atoms with Crippen LogP contribution in [0, 0.1) is 13.8 Å². The lowest BCUT2D eigenvalue weighted by Gasteiger charge is -2.16. The molecular formula is C20H25N5O2S2. The van der Waals surface area contributed by atoms with Gasteiger partial charge in [-0.25, -0.2) is 4.98 Å². The Balaban J connectivity index is 1.71. The average Bonchev–Trinajstić information content (AvgIpc) is 3.32. The number of thiazole rings is 1. The smallest absolute Gasteiger partial charge is 0.239 e. The van der Waals surface area contributed by atoms with Gasteiger partial charge in [-0.2, -0.15) is 0 Å². The van der Waals surface area contributed by atoms with Crippen LogP contribution >= 0.6 is 23.1 Å². The predicted molar refractivity (Wildman–Crippen MR) is 117 cm³/mol. The second-order valence-electron chi connectivity index (χ2n) is 7.01. The van der Waals surface area contributed by atoms with Gasteiger partial charge in [-0.05, 0) is 51.8 Å². The first-order valence-electron chi connectivity index (χ1n) is 9.36. The third-order valence-electron chi connectivity index (χ3n) is 4.27. The number of benzene rings is 1. The van der Waals surface area contributed by atoms with Crippen molar-refractivity contribution in [1.82, 2.24) is 19.7 Å². The molecule has 2 aromatic heterocycles. The minimum atomic E-state index is -0.339. The van der Waals surface area contributed by atoms with Crippen molar-refractivity contribution in [3.63, 3.8) is 0 Å². The predicted octanol–water partition coefficient (Wildman–Crippen LogP) is 4.63. The maximum absolute atomic E-state index is 12.4. The van der Waals surface area contributed by atoms with E-state index in [1.165, 1.54) is 23.1 Å². The molecule has 0 bridgehead atoms. The van der Waals surface area contributed by atoms with Crippen molar-refractivity contribution in [2.24, 2.45) is 0 Å². The summed E-state index contributed by atoms with van der Waals surface area (Å²) in [6.45, 7) is 10.3.